The number of amides is 1. The van der Waals surface area contributed by atoms with E-state index in [2.05, 4.69) is 10.2 Å². The van der Waals surface area contributed by atoms with Gasteiger partial charge in [0.25, 0.3) is 11.6 Å². The zero-order valence-corrected chi connectivity index (χ0v) is 5.14. The molecule has 8 heteroatoms. The van der Waals surface area contributed by atoms with E-state index in [4.69, 9.17) is 5.73 Å². The molecule has 0 aliphatic rings. The van der Waals surface area contributed by atoms with Gasteiger partial charge in [0.2, 0.25) is 0 Å². The first-order valence-electron chi connectivity index (χ1n) is 2.48. The molecular weight excluding hydrogens is 154 g/mol. The van der Waals surface area contributed by atoms with Crippen molar-refractivity contribution in [1.82, 2.24) is 15.4 Å². The molecule has 3 N–H and O–H groups in total. The fourth-order valence-electron chi connectivity index (χ4n) is 0.518. The molecule has 0 radical (unpaired) electrons. The summed E-state index contributed by atoms with van der Waals surface area (Å²) in [4.78, 5) is 19.6. The molecule has 1 aromatic heterocycles. The normalized spacial score (nSPS) is 9.45. The fraction of sp³-hybridized carbons (Fsp3) is 0. The first-order valence-corrected chi connectivity index (χ1v) is 2.48. The molecule has 0 spiro atoms. The summed E-state index contributed by atoms with van der Waals surface area (Å²) in [7, 11) is 0. The van der Waals surface area contributed by atoms with E-state index in [0.29, 0.717) is 0 Å². The molecule has 0 aliphatic heterocycles. The smallest absolute Gasteiger partial charge is 0.364 e. The van der Waals surface area contributed by atoms with Crippen molar-refractivity contribution in [3.05, 3.63) is 15.8 Å². The van der Waals surface area contributed by atoms with Crippen LogP contribution in [0.25, 0.3) is 0 Å². The molecule has 1 rings (SSSR count). The number of primary amides is 1. The van der Waals surface area contributed by atoms with Gasteiger partial charge in [-0.2, -0.15) is 0 Å². The van der Waals surface area contributed by atoms with E-state index in [0.717, 1.165) is 0 Å². The predicted octanol–water partition coefficient (Wildman–Crippen LogP) is -1.19. The molecule has 1 aromatic rings. The average Bonchev–Trinajstić information content (AvgIpc) is 2.32. The van der Waals surface area contributed by atoms with Gasteiger partial charge in [0.1, 0.15) is 0 Å². The lowest BCUT2D eigenvalue weighted by Gasteiger charge is -1.86. The molecule has 0 bridgehead atoms. The zero-order valence-electron chi connectivity index (χ0n) is 5.14. The van der Waals surface area contributed by atoms with Crippen molar-refractivity contribution in [3.8, 4) is 0 Å². The Morgan fingerprint density at radius 1 is 1.64 bits per heavy atom. The van der Waals surface area contributed by atoms with Crippen LogP contribution in [0.4, 0.5) is 5.82 Å². The highest BCUT2D eigenvalue weighted by Gasteiger charge is 2.23. The van der Waals surface area contributed by atoms with Crippen molar-refractivity contribution in [2.45, 2.75) is 0 Å². The number of aromatic amines is 1. The van der Waals surface area contributed by atoms with E-state index in [1.165, 1.54) is 0 Å². The molecular formula is C3H3N5O3. The Morgan fingerprint density at radius 3 is 2.64 bits per heavy atom. The number of hydrogen-bond acceptors (Lipinski definition) is 5. The molecule has 0 atom stereocenters. The largest absolute Gasteiger partial charge is 0.423 e. The minimum absolute atomic E-state index is 0.463. The van der Waals surface area contributed by atoms with Gasteiger partial charge in [0.15, 0.2) is 0 Å². The number of carbonyl (C=O) groups is 1. The van der Waals surface area contributed by atoms with Gasteiger partial charge < -0.3 is 15.8 Å². The van der Waals surface area contributed by atoms with E-state index >= 15 is 0 Å². The Morgan fingerprint density at radius 2 is 2.27 bits per heavy atom. The van der Waals surface area contributed by atoms with Crippen molar-refractivity contribution >= 4 is 11.7 Å². The first-order chi connectivity index (χ1) is 5.13. The number of nitrogens with zero attached hydrogens (tertiary/aromatic N) is 3. The lowest BCUT2D eigenvalue weighted by Crippen LogP contribution is -2.13. The van der Waals surface area contributed by atoms with Gasteiger partial charge >= 0.3 is 5.82 Å². The molecule has 1 heterocycles. The van der Waals surface area contributed by atoms with Gasteiger partial charge in [0.05, 0.1) is 5.10 Å². The average molecular weight is 157 g/mol. The highest BCUT2D eigenvalue weighted by atomic mass is 16.6. The molecule has 0 saturated heterocycles. The molecule has 0 unspecified atom stereocenters. The summed E-state index contributed by atoms with van der Waals surface area (Å²) in [5.74, 6) is -1.64. The van der Waals surface area contributed by atoms with Gasteiger partial charge in [-0.05, 0) is 4.92 Å². The van der Waals surface area contributed by atoms with Crippen LogP contribution in [0.5, 0.6) is 0 Å². The molecule has 0 fully saturated rings. The Balaban J connectivity index is 3.16. The maximum absolute atomic E-state index is 10.4. The number of nitro groups is 1. The third kappa shape index (κ3) is 1.13. The second-order valence-corrected chi connectivity index (χ2v) is 1.62. The van der Waals surface area contributed by atoms with Gasteiger partial charge in [-0.3, -0.25) is 4.79 Å². The van der Waals surface area contributed by atoms with Crippen molar-refractivity contribution in [2.75, 3.05) is 0 Å². The van der Waals surface area contributed by atoms with Crippen LogP contribution in [-0.4, -0.2) is 26.2 Å². The number of nitrogens with one attached hydrogen (secondary N) is 1. The number of nitrogens with two attached hydrogens (primary N) is 1. The number of aromatic nitrogens is 3. The molecule has 58 valence electrons. The Kier molecular flexibility index (Phi) is 1.51. The molecule has 0 saturated carbocycles. The summed E-state index contributed by atoms with van der Waals surface area (Å²) in [5.41, 5.74) is 4.27. The van der Waals surface area contributed by atoms with Gasteiger partial charge in [0, 0.05) is 0 Å². The third-order valence-corrected chi connectivity index (χ3v) is 0.936. The lowest BCUT2D eigenvalue weighted by molar-refractivity contribution is -0.389. The van der Waals surface area contributed by atoms with Crippen LogP contribution < -0.4 is 5.73 Å². The quantitative estimate of drug-likeness (QED) is 0.412. The topological polar surface area (TPSA) is 128 Å². The number of rotatable bonds is 2. The highest BCUT2D eigenvalue weighted by Crippen LogP contribution is 2.08. The minimum atomic E-state index is -0.981. The van der Waals surface area contributed by atoms with Gasteiger partial charge in [-0.15, -0.1) is 10.3 Å². The van der Waals surface area contributed by atoms with Crippen LogP contribution in [0.15, 0.2) is 0 Å². The summed E-state index contributed by atoms with van der Waals surface area (Å²) < 4.78 is 0. The number of carbonyl (C=O) groups excluding carboxylic acids is 1. The standard InChI is InChI=1S/C3H3N5O3/c4-2(9)1-3(8(10)11)6-7-5-1/h(H2,4,9)(H,5,6,7). The van der Waals surface area contributed by atoms with Gasteiger partial charge in [-0.1, -0.05) is 0 Å². The van der Waals surface area contributed by atoms with Crippen molar-refractivity contribution in [1.29, 1.82) is 0 Å². The summed E-state index contributed by atoms with van der Waals surface area (Å²) in [6.45, 7) is 0. The van der Waals surface area contributed by atoms with Crippen molar-refractivity contribution < 1.29 is 9.72 Å². The predicted molar refractivity (Wildman–Crippen MR) is 31.6 cm³/mol. The Bertz CT molecular complexity index is 275. The number of hydrogen-bond donors (Lipinski definition) is 2. The van der Waals surface area contributed by atoms with Crippen LogP contribution in [0.2, 0.25) is 0 Å². The van der Waals surface area contributed by atoms with Crippen LogP contribution in [0.1, 0.15) is 10.5 Å². The molecule has 0 aromatic carbocycles. The number of H-pyrrole nitrogens is 1. The minimum Gasteiger partial charge on any atom is -0.364 e. The van der Waals surface area contributed by atoms with E-state index in [1.54, 1.807) is 0 Å². The molecule has 0 aliphatic carbocycles. The Hall–Kier alpha value is -1.99. The van der Waals surface area contributed by atoms with Crippen molar-refractivity contribution in [3.63, 3.8) is 0 Å². The fourth-order valence-corrected chi connectivity index (χ4v) is 0.518. The monoisotopic (exact) mass is 157 g/mol. The summed E-state index contributed by atoms with van der Waals surface area (Å²) in [6.07, 6.45) is 0. The summed E-state index contributed by atoms with van der Waals surface area (Å²) in [6, 6.07) is 0. The second-order valence-electron chi connectivity index (χ2n) is 1.62. The van der Waals surface area contributed by atoms with E-state index in [-0.39, 0.29) is 0 Å². The molecule has 8 nitrogen and oxygen atoms in total. The third-order valence-electron chi connectivity index (χ3n) is 0.936. The molecule has 11 heavy (non-hydrogen) atoms. The SMILES string of the molecule is NC(=O)c1n[nH]nc1[N+](=O)[O-]. The van der Waals surface area contributed by atoms with Crippen molar-refractivity contribution in [2.24, 2.45) is 5.73 Å². The highest BCUT2D eigenvalue weighted by molar-refractivity contribution is 5.93. The van der Waals surface area contributed by atoms with E-state index in [1.807, 2.05) is 5.21 Å². The summed E-state index contributed by atoms with van der Waals surface area (Å²) >= 11 is 0. The molecule has 1 amide bonds. The first kappa shape index (κ1) is 7.12. The van der Waals surface area contributed by atoms with Gasteiger partial charge in [-0.25, -0.2) is 0 Å². The summed E-state index contributed by atoms with van der Waals surface area (Å²) in [5, 5.41) is 18.3. The van der Waals surface area contributed by atoms with Crippen LogP contribution in [0, 0.1) is 10.1 Å². The van der Waals surface area contributed by atoms with E-state index in [9.17, 15) is 14.9 Å². The van der Waals surface area contributed by atoms with Crippen LogP contribution in [0.3, 0.4) is 0 Å². The van der Waals surface area contributed by atoms with Crippen LogP contribution in [-0.2, 0) is 0 Å². The Labute approximate surface area is 59.5 Å². The second kappa shape index (κ2) is 2.33. The van der Waals surface area contributed by atoms with E-state index < -0.39 is 22.3 Å². The lowest BCUT2D eigenvalue weighted by atomic mass is 10.4. The maximum atomic E-state index is 10.4. The maximum Gasteiger partial charge on any atom is 0.423 e. The zero-order chi connectivity index (χ0) is 8.43. The van der Waals surface area contributed by atoms with Crippen LogP contribution >= 0.6 is 0 Å².